The molecular weight excluding hydrogens is 572 g/mol. The van der Waals surface area contributed by atoms with E-state index in [4.69, 9.17) is 49.2 Å². The van der Waals surface area contributed by atoms with Gasteiger partial charge in [-0.05, 0) is 0 Å². The molecule has 9 N–H and O–H groups in total. The molecule has 192 valence electrons. The van der Waals surface area contributed by atoms with Crippen molar-refractivity contribution in [3.63, 3.8) is 0 Å². The van der Waals surface area contributed by atoms with Crippen LogP contribution in [-0.4, -0.2) is 73.5 Å². The minimum Gasteiger partial charge on any atom is -0.387 e. The van der Waals surface area contributed by atoms with Crippen molar-refractivity contribution in [2.45, 2.75) is 29.2 Å². The van der Waals surface area contributed by atoms with Gasteiger partial charge in [0.15, 0.2) is 15.8 Å². The minimum absolute atomic E-state index is 0.00510. The lowest BCUT2D eigenvalue weighted by Gasteiger charge is -2.23. The summed E-state index contributed by atoms with van der Waals surface area (Å²) in [5.41, 5.74) is 11.7. The molecule has 5 atom stereocenters. The quantitative estimate of drug-likeness (QED) is 0.145. The van der Waals surface area contributed by atoms with Crippen LogP contribution in [0.3, 0.4) is 0 Å². The predicted octanol–water partition coefficient (Wildman–Crippen LogP) is -0.364. The fourth-order valence-corrected chi connectivity index (χ4v) is 6.43. The van der Waals surface area contributed by atoms with Crippen molar-refractivity contribution < 1.29 is 56.3 Å². The molecule has 1 aliphatic rings. The van der Waals surface area contributed by atoms with E-state index in [-0.39, 0.29) is 29.5 Å². The number of phosphoric acid groups is 3. The number of aromatic nitrogens is 4. The summed E-state index contributed by atoms with van der Waals surface area (Å²) in [7, 11) is -16.7. The maximum atomic E-state index is 11.9. The zero-order valence-corrected chi connectivity index (χ0v) is 20.6. The summed E-state index contributed by atoms with van der Waals surface area (Å²) >= 11 is 12.4. The monoisotopic (exact) mass is 588 g/mol. The van der Waals surface area contributed by atoms with Crippen LogP contribution in [0.2, 0.25) is 0 Å². The fourth-order valence-electron chi connectivity index (χ4n) is 2.88. The Morgan fingerprint density at radius 1 is 1.12 bits per heavy atom. The SMILES string of the molecule is Nc1nc(N)c2ncn(C[C@@H]3O[C@H](COP(=O)(O)OP(=O)(O)OP(=O)(O)O)[C@@H](O)C3(Cl)Cl)c2n1. The van der Waals surface area contributed by atoms with Gasteiger partial charge in [-0.2, -0.15) is 18.6 Å². The number of rotatable bonds is 9. The van der Waals surface area contributed by atoms with E-state index in [0.29, 0.717) is 0 Å². The van der Waals surface area contributed by atoms with Crippen LogP contribution in [0.15, 0.2) is 6.33 Å². The van der Waals surface area contributed by atoms with Gasteiger partial charge >= 0.3 is 23.5 Å². The summed E-state index contributed by atoms with van der Waals surface area (Å²) in [6, 6.07) is 0. The van der Waals surface area contributed by atoms with Crippen molar-refractivity contribution in [2.24, 2.45) is 0 Å². The van der Waals surface area contributed by atoms with Gasteiger partial charge in [0.1, 0.15) is 23.8 Å². The fraction of sp³-hybridized carbons (Fsp3) is 0.545. The molecule has 1 fully saturated rings. The molecular formula is C11H17Cl2N6O12P3. The summed E-state index contributed by atoms with van der Waals surface area (Å²) in [4.78, 5) is 47.6. The van der Waals surface area contributed by atoms with Crippen molar-refractivity contribution in [1.82, 2.24) is 19.5 Å². The van der Waals surface area contributed by atoms with Gasteiger partial charge in [0.05, 0.1) is 19.5 Å². The highest BCUT2D eigenvalue weighted by atomic mass is 35.5. The highest BCUT2D eigenvalue weighted by molar-refractivity contribution is 7.66. The molecule has 0 radical (unpaired) electrons. The van der Waals surface area contributed by atoms with E-state index in [2.05, 4.69) is 28.1 Å². The van der Waals surface area contributed by atoms with Crippen LogP contribution in [0.25, 0.3) is 11.2 Å². The Labute approximate surface area is 199 Å². The molecule has 0 aromatic carbocycles. The van der Waals surface area contributed by atoms with Crippen LogP contribution in [0.5, 0.6) is 0 Å². The molecule has 0 saturated carbocycles. The van der Waals surface area contributed by atoms with Crippen LogP contribution in [0.1, 0.15) is 0 Å². The third-order valence-corrected chi connectivity index (χ3v) is 8.94. The Kier molecular flexibility index (Phi) is 7.72. The number of aliphatic hydroxyl groups is 1. The highest BCUT2D eigenvalue weighted by Gasteiger charge is 2.55. The molecule has 2 aromatic rings. The first kappa shape index (κ1) is 27.6. The lowest BCUT2D eigenvalue weighted by molar-refractivity contribution is -0.0249. The molecule has 2 aromatic heterocycles. The van der Waals surface area contributed by atoms with Gasteiger partial charge in [0.2, 0.25) is 5.95 Å². The molecule has 0 bridgehead atoms. The van der Waals surface area contributed by atoms with E-state index in [9.17, 15) is 28.6 Å². The number of fused-ring (bicyclic) bond motifs is 1. The number of phosphoric ester groups is 1. The van der Waals surface area contributed by atoms with Crippen LogP contribution in [-0.2, 0) is 38.1 Å². The van der Waals surface area contributed by atoms with Crippen LogP contribution < -0.4 is 11.5 Å². The third-order valence-electron chi connectivity index (χ3n) is 4.20. The molecule has 0 amide bonds. The van der Waals surface area contributed by atoms with E-state index >= 15 is 0 Å². The largest absolute Gasteiger partial charge is 0.490 e. The Morgan fingerprint density at radius 2 is 1.76 bits per heavy atom. The number of halogens is 2. The maximum absolute atomic E-state index is 11.9. The van der Waals surface area contributed by atoms with Crippen LogP contribution in [0, 0.1) is 0 Å². The number of ether oxygens (including phenoxy) is 1. The molecule has 23 heteroatoms. The van der Waals surface area contributed by atoms with Crippen molar-refractivity contribution in [3.8, 4) is 0 Å². The Balaban J connectivity index is 1.70. The summed E-state index contributed by atoms with van der Waals surface area (Å²) in [5.74, 6) is -0.137. The first-order valence-electron chi connectivity index (χ1n) is 8.64. The molecule has 3 rings (SSSR count). The smallest absolute Gasteiger partial charge is 0.387 e. The van der Waals surface area contributed by atoms with Crippen molar-refractivity contribution in [1.29, 1.82) is 0 Å². The molecule has 0 spiro atoms. The average molecular weight is 589 g/mol. The second-order valence-electron chi connectivity index (χ2n) is 6.71. The summed E-state index contributed by atoms with van der Waals surface area (Å²) < 4.78 is 50.5. The molecule has 34 heavy (non-hydrogen) atoms. The Hall–Kier alpha value is -0.940. The molecule has 1 saturated heterocycles. The summed E-state index contributed by atoms with van der Waals surface area (Å²) in [6.45, 7) is -1.13. The zero-order valence-electron chi connectivity index (χ0n) is 16.4. The number of nitrogens with two attached hydrogens (primary N) is 2. The average Bonchev–Trinajstić information content (AvgIpc) is 3.11. The lowest BCUT2D eigenvalue weighted by atomic mass is 10.1. The van der Waals surface area contributed by atoms with Crippen molar-refractivity contribution in [2.75, 3.05) is 18.1 Å². The van der Waals surface area contributed by atoms with Crippen LogP contribution in [0.4, 0.5) is 11.8 Å². The number of hydrogen-bond donors (Lipinski definition) is 7. The number of hydrogen-bond acceptors (Lipinski definition) is 13. The van der Waals surface area contributed by atoms with Crippen molar-refractivity contribution >= 4 is 69.6 Å². The number of imidazole rings is 1. The molecule has 1 aliphatic heterocycles. The molecule has 18 nitrogen and oxygen atoms in total. The second kappa shape index (κ2) is 9.50. The first-order chi connectivity index (χ1) is 15.4. The van der Waals surface area contributed by atoms with Gasteiger partial charge in [0, 0.05) is 0 Å². The van der Waals surface area contributed by atoms with E-state index < -0.39 is 52.7 Å². The Bertz CT molecular complexity index is 1220. The zero-order chi connectivity index (χ0) is 25.7. The minimum atomic E-state index is -5.72. The van der Waals surface area contributed by atoms with E-state index in [1.165, 1.54) is 10.9 Å². The number of nitrogens with zero attached hydrogens (tertiary/aromatic N) is 4. The third kappa shape index (κ3) is 6.43. The first-order valence-corrected chi connectivity index (χ1v) is 13.9. The molecule has 2 unspecified atom stereocenters. The van der Waals surface area contributed by atoms with Gasteiger partial charge in [-0.25, -0.2) is 18.7 Å². The van der Waals surface area contributed by atoms with Gasteiger partial charge < -0.3 is 45.5 Å². The van der Waals surface area contributed by atoms with E-state index in [0.717, 1.165) is 0 Å². The van der Waals surface area contributed by atoms with Crippen molar-refractivity contribution in [3.05, 3.63) is 6.33 Å². The normalized spacial score (nSPS) is 26.4. The van der Waals surface area contributed by atoms with Gasteiger partial charge in [-0.15, -0.1) is 0 Å². The lowest BCUT2D eigenvalue weighted by Crippen LogP contribution is -2.40. The second-order valence-corrected chi connectivity index (χ2v) is 12.6. The number of aliphatic hydroxyl groups excluding tert-OH is 1. The molecule has 3 heterocycles. The topological polar surface area (TPSA) is 285 Å². The van der Waals surface area contributed by atoms with Crippen LogP contribution >= 0.6 is 46.7 Å². The summed E-state index contributed by atoms with van der Waals surface area (Å²) in [6.07, 6.45) is -3.07. The number of alkyl halides is 2. The predicted molar refractivity (Wildman–Crippen MR) is 113 cm³/mol. The highest BCUT2D eigenvalue weighted by Crippen LogP contribution is 2.66. The summed E-state index contributed by atoms with van der Waals surface area (Å²) in [5, 5.41) is 10.4. The Morgan fingerprint density at radius 3 is 2.38 bits per heavy atom. The number of nitrogen functional groups attached to an aromatic ring is 2. The standard InChI is InChI=1S/C11H17Cl2N6O12P3/c12-11(13)5(1-19-3-16-6-8(14)17-10(15)18-9(6)19)29-4(7(11)20)2-28-33(24,25)31-34(26,27)30-32(21,22)23/h3-5,7,20H,1-2H2,(H,24,25)(H,26,27)(H2,21,22,23)(H4,14,15,17,18)/t4-,5+,7-/m1/s1. The van der Waals surface area contributed by atoms with Gasteiger partial charge in [-0.3, -0.25) is 4.52 Å². The van der Waals surface area contributed by atoms with E-state index in [1.807, 2.05) is 0 Å². The van der Waals surface area contributed by atoms with E-state index in [1.54, 1.807) is 0 Å². The molecule has 0 aliphatic carbocycles. The van der Waals surface area contributed by atoms with Gasteiger partial charge in [-0.1, -0.05) is 23.2 Å². The number of anilines is 2. The van der Waals surface area contributed by atoms with Gasteiger partial charge in [0.25, 0.3) is 0 Å². The maximum Gasteiger partial charge on any atom is 0.490 e.